The molecule has 0 amide bonds. The fourth-order valence-electron chi connectivity index (χ4n) is 2.06. The van der Waals surface area contributed by atoms with E-state index in [1.807, 2.05) is 13.8 Å². The maximum atomic E-state index is 13.2. The third-order valence-electron chi connectivity index (χ3n) is 3.29. The molecule has 20 heavy (non-hydrogen) atoms. The van der Waals surface area contributed by atoms with Gasteiger partial charge in [-0.05, 0) is 56.2 Å². The summed E-state index contributed by atoms with van der Waals surface area (Å²) in [6.07, 6.45) is 0.629. The van der Waals surface area contributed by atoms with Gasteiger partial charge in [0.05, 0.1) is 0 Å². The number of hydrogen-bond acceptors (Lipinski definition) is 3. The van der Waals surface area contributed by atoms with Crippen molar-refractivity contribution in [1.82, 2.24) is 0 Å². The second-order valence-electron chi connectivity index (χ2n) is 4.97. The molecule has 2 atom stereocenters. The first kappa shape index (κ1) is 15.0. The van der Waals surface area contributed by atoms with E-state index < -0.39 is 0 Å². The Bertz CT molecular complexity index is 582. The third-order valence-corrected chi connectivity index (χ3v) is 4.35. The maximum Gasteiger partial charge on any atom is 0.148 e. The average molecular weight is 293 g/mol. The predicted molar refractivity (Wildman–Crippen MR) is 81.8 cm³/mol. The van der Waals surface area contributed by atoms with Crippen molar-refractivity contribution in [3.05, 3.63) is 51.5 Å². The van der Waals surface area contributed by atoms with Crippen molar-refractivity contribution >= 4 is 11.3 Å². The molecule has 2 N–H and O–H groups in total. The van der Waals surface area contributed by atoms with Gasteiger partial charge in [-0.2, -0.15) is 0 Å². The zero-order chi connectivity index (χ0) is 14.7. The minimum absolute atomic E-state index is 0.0856. The first-order valence-electron chi connectivity index (χ1n) is 6.76. The van der Waals surface area contributed by atoms with Crippen LogP contribution in [0.3, 0.4) is 0 Å². The molecule has 0 radical (unpaired) electrons. The third kappa shape index (κ3) is 3.38. The molecule has 0 aliphatic carbocycles. The van der Waals surface area contributed by atoms with Crippen molar-refractivity contribution in [3.63, 3.8) is 0 Å². The van der Waals surface area contributed by atoms with Crippen LogP contribution in [0.2, 0.25) is 0 Å². The molecule has 0 fully saturated rings. The molecule has 2 rings (SSSR count). The zero-order valence-corrected chi connectivity index (χ0v) is 12.8. The Labute approximate surface area is 123 Å². The number of nitrogens with two attached hydrogens (primary N) is 1. The Hall–Kier alpha value is -1.39. The Kier molecular flexibility index (Phi) is 4.78. The summed E-state index contributed by atoms with van der Waals surface area (Å²) in [7, 11) is 0. The molecule has 0 spiro atoms. The van der Waals surface area contributed by atoms with E-state index in [0.29, 0.717) is 5.75 Å². The highest BCUT2D eigenvalue weighted by Crippen LogP contribution is 2.32. The first-order chi connectivity index (χ1) is 9.51. The molecule has 0 aliphatic rings. The van der Waals surface area contributed by atoms with Gasteiger partial charge in [-0.1, -0.05) is 6.92 Å². The molecule has 1 aromatic heterocycles. The summed E-state index contributed by atoms with van der Waals surface area (Å²) in [6, 6.07) is 8.59. The van der Waals surface area contributed by atoms with Crippen molar-refractivity contribution in [1.29, 1.82) is 0 Å². The van der Waals surface area contributed by atoms with Gasteiger partial charge in [-0.3, -0.25) is 0 Å². The van der Waals surface area contributed by atoms with Crippen LogP contribution in [0.4, 0.5) is 4.39 Å². The van der Waals surface area contributed by atoms with Gasteiger partial charge in [0.15, 0.2) is 0 Å². The van der Waals surface area contributed by atoms with Crippen LogP contribution in [-0.2, 0) is 0 Å². The molecule has 4 heteroatoms. The quantitative estimate of drug-likeness (QED) is 0.889. The summed E-state index contributed by atoms with van der Waals surface area (Å²) < 4.78 is 19.2. The average Bonchev–Trinajstić information content (AvgIpc) is 2.83. The van der Waals surface area contributed by atoms with Crippen LogP contribution in [0.15, 0.2) is 30.3 Å². The number of halogens is 1. The Balaban J connectivity index is 2.28. The molecule has 2 unspecified atom stereocenters. The van der Waals surface area contributed by atoms with Crippen molar-refractivity contribution in [3.8, 4) is 5.75 Å². The van der Waals surface area contributed by atoms with Gasteiger partial charge in [-0.25, -0.2) is 4.39 Å². The number of thiophene rings is 1. The van der Waals surface area contributed by atoms with Crippen LogP contribution >= 0.6 is 11.3 Å². The number of aryl methyl sites for hydroxylation is 2. The lowest BCUT2D eigenvalue weighted by atomic mass is 10.1. The molecule has 1 heterocycles. The number of rotatable bonds is 5. The summed E-state index contributed by atoms with van der Waals surface area (Å²) in [5, 5.41) is 0. The Morgan fingerprint density at radius 1 is 1.25 bits per heavy atom. The van der Waals surface area contributed by atoms with Crippen molar-refractivity contribution < 1.29 is 9.13 Å². The fraction of sp³-hybridized carbons (Fsp3) is 0.375. The van der Waals surface area contributed by atoms with Crippen LogP contribution in [-0.4, -0.2) is 6.04 Å². The number of benzene rings is 1. The van der Waals surface area contributed by atoms with E-state index in [9.17, 15) is 4.39 Å². The molecule has 2 aromatic rings. The van der Waals surface area contributed by atoms with E-state index in [-0.39, 0.29) is 18.0 Å². The van der Waals surface area contributed by atoms with Crippen LogP contribution < -0.4 is 10.5 Å². The van der Waals surface area contributed by atoms with Gasteiger partial charge in [0.25, 0.3) is 0 Å². The molecule has 2 nitrogen and oxygen atoms in total. The van der Waals surface area contributed by atoms with Gasteiger partial charge >= 0.3 is 0 Å². The van der Waals surface area contributed by atoms with Gasteiger partial charge in [0, 0.05) is 15.8 Å². The monoisotopic (exact) mass is 293 g/mol. The Morgan fingerprint density at radius 2 is 2.00 bits per heavy atom. The van der Waals surface area contributed by atoms with Crippen molar-refractivity contribution in [2.75, 3.05) is 0 Å². The highest BCUT2D eigenvalue weighted by molar-refractivity contribution is 7.12. The molecule has 108 valence electrons. The Morgan fingerprint density at radius 3 is 2.55 bits per heavy atom. The standard InChI is InChI=1S/C16H20FNOS/c1-4-13(18)16(15-8-5-11(3)20-15)19-14-7-6-12(17)9-10(14)2/h5-9,13,16H,4,18H2,1-3H3. The molecule has 0 bridgehead atoms. The van der Waals surface area contributed by atoms with Gasteiger partial charge in [0.1, 0.15) is 17.7 Å². The van der Waals surface area contributed by atoms with E-state index in [1.165, 1.54) is 17.0 Å². The van der Waals surface area contributed by atoms with E-state index in [4.69, 9.17) is 10.5 Å². The lowest BCUT2D eigenvalue weighted by Crippen LogP contribution is -2.31. The van der Waals surface area contributed by atoms with E-state index in [0.717, 1.165) is 16.9 Å². The van der Waals surface area contributed by atoms with Crippen LogP contribution in [0, 0.1) is 19.7 Å². The van der Waals surface area contributed by atoms with Crippen LogP contribution in [0.1, 0.15) is 34.8 Å². The summed E-state index contributed by atoms with van der Waals surface area (Å²) >= 11 is 1.69. The predicted octanol–water partition coefficient (Wildman–Crippen LogP) is 4.36. The first-order valence-corrected chi connectivity index (χ1v) is 7.57. The van der Waals surface area contributed by atoms with Gasteiger partial charge in [-0.15, -0.1) is 11.3 Å². The van der Waals surface area contributed by atoms with Crippen molar-refractivity contribution in [2.24, 2.45) is 5.73 Å². The van der Waals surface area contributed by atoms with Crippen LogP contribution in [0.25, 0.3) is 0 Å². The SMILES string of the molecule is CCC(N)C(Oc1ccc(F)cc1C)c1ccc(C)s1. The van der Waals surface area contributed by atoms with E-state index in [2.05, 4.69) is 19.1 Å². The van der Waals surface area contributed by atoms with Crippen molar-refractivity contribution in [2.45, 2.75) is 39.3 Å². The summed E-state index contributed by atoms with van der Waals surface area (Å²) in [5.74, 6) is 0.435. The number of ether oxygens (including phenoxy) is 1. The zero-order valence-electron chi connectivity index (χ0n) is 12.0. The summed E-state index contributed by atoms with van der Waals surface area (Å²) in [6.45, 7) is 5.94. The second-order valence-corrected chi connectivity index (χ2v) is 6.29. The largest absolute Gasteiger partial charge is 0.483 e. The molecule has 0 saturated carbocycles. The van der Waals surface area contributed by atoms with Gasteiger partial charge in [0.2, 0.25) is 0 Å². The molecule has 0 aliphatic heterocycles. The lowest BCUT2D eigenvalue weighted by Gasteiger charge is -2.24. The van der Waals surface area contributed by atoms with Gasteiger partial charge < -0.3 is 10.5 Å². The summed E-state index contributed by atoms with van der Waals surface area (Å²) in [4.78, 5) is 2.34. The number of hydrogen-bond donors (Lipinski definition) is 1. The fourth-order valence-corrected chi connectivity index (χ4v) is 3.04. The topological polar surface area (TPSA) is 35.2 Å². The highest BCUT2D eigenvalue weighted by Gasteiger charge is 2.22. The molecular weight excluding hydrogens is 273 g/mol. The second kappa shape index (κ2) is 6.37. The lowest BCUT2D eigenvalue weighted by molar-refractivity contribution is 0.173. The molecule has 0 saturated heterocycles. The van der Waals surface area contributed by atoms with Crippen LogP contribution in [0.5, 0.6) is 5.75 Å². The molecular formula is C16H20FNOS. The minimum atomic E-state index is -0.252. The van der Waals surface area contributed by atoms with E-state index in [1.54, 1.807) is 17.4 Å². The minimum Gasteiger partial charge on any atom is -0.483 e. The van der Waals surface area contributed by atoms with E-state index >= 15 is 0 Å². The highest BCUT2D eigenvalue weighted by atomic mass is 32.1. The molecule has 1 aromatic carbocycles. The smallest absolute Gasteiger partial charge is 0.148 e. The normalized spacial score (nSPS) is 14.1. The maximum absolute atomic E-state index is 13.2. The summed E-state index contributed by atoms with van der Waals surface area (Å²) in [5.41, 5.74) is 6.98.